The number of ether oxygens (including phenoxy) is 1. The van der Waals surface area contributed by atoms with Crippen molar-refractivity contribution in [3.05, 3.63) is 188 Å². The molecule has 0 N–H and O–H groups in total. The van der Waals surface area contributed by atoms with Gasteiger partial charge in [-0.2, -0.15) is 0 Å². The lowest BCUT2D eigenvalue weighted by atomic mass is 9.91. The predicted octanol–water partition coefficient (Wildman–Crippen LogP) is 12.2. The zero-order valence-corrected chi connectivity index (χ0v) is 27.8. The minimum absolute atomic E-state index is 0.0395. The molecule has 2 atom stereocenters. The molecule has 3 heterocycles. The lowest BCUT2D eigenvalue weighted by Gasteiger charge is -2.20. The van der Waals surface area contributed by atoms with Crippen molar-refractivity contribution in [3.8, 4) is 33.7 Å². The van der Waals surface area contributed by atoms with Crippen LogP contribution in [-0.4, -0.2) is 15.2 Å². The number of rotatable bonds is 4. The molecular formula is C48H32N2O. The maximum Gasteiger partial charge on any atom is 0.130 e. The van der Waals surface area contributed by atoms with Crippen LogP contribution < -0.4 is 4.74 Å². The van der Waals surface area contributed by atoms with Crippen molar-refractivity contribution in [2.24, 2.45) is 0 Å². The second-order valence-electron chi connectivity index (χ2n) is 13.7. The summed E-state index contributed by atoms with van der Waals surface area (Å²) in [4.78, 5) is 0. The van der Waals surface area contributed by atoms with E-state index in [9.17, 15) is 0 Å². The molecule has 240 valence electrons. The molecule has 2 aliphatic rings. The molecule has 0 bridgehead atoms. The van der Waals surface area contributed by atoms with Gasteiger partial charge in [0.05, 0.1) is 22.1 Å². The van der Waals surface area contributed by atoms with Gasteiger partial charge in [0, 0.05) is 44.4 Å². The van der Waals surface area contributed by atoms with Crippen LogP contribution in [0.1, 0.15) is 11.5 Å². The molecule has 2 aromatic heterocycles. The zero-order chi connectivity index (χ0) is 33.5. The van der Waals surface area contributed by atoms with E-state index in [-0.39, 0.29) is 12.0 Å². The van der Waals surface area contributed by atoms with Gasteiger partial charge in [0.15, 0.2) is 0 Å². The number of para-hydroxylation sites is 3. The number of benzene rings is 7. The minimum atomic E-state index is -0.0395. The highest BCUT2D eigenvalue weighted by Crippen LogP contribution is 2.46. The Kier molecular flexibility index (Phi) is 6.08. The summed E-state index contributed by atoms with van der Waals surface area (Å²) >= 11 is 0. The molecule has 0 fully saturated rings. The molecule has 11 rings (SSSR count). The van der Waals surface area contributed by atoms with Gasteiger partial charge in [-0.3, -0.25) is 0 Å². The van der Waals surface area contributed by atoms with Crippen LogP contribution in [0.5, 0.6) is 5.75 Å². The molecule has 2 unspecified atom stereocenters. The van der Waals surface area contributed by atoms with E-state index in [0.717, 1.165) is 17.1 Å². The van der Waals surface area contributed by atoms with Crippen LogP contribution in [0.3, 0.4) is 0 Å². The third-order valence-corrected chi connectivity index (χ3v) is 10.8. The summed E-state index contributed by atoms with van der Waals surface area (Å²) in [6.45, 7) is 0. The highest BCUT2D eigenvalue weighted by molar-refractivity contribution is 6.26. The van der Waals surface area contributed by atoms with Crippen molar-refractivity contribution in [2.45, 2.75) is 12.0 Å². The van der Waals surface area contributed by atoms with Crippen LogP contribution in [0.4, 0.5) is 0 Å². The van der Waals surface area contributed by atoms with Crippen molar-refractivity contribution in [2.75, 3.05) is 0 Å². The Morgan fingerprint density at radius 3 is 2.00 bits per heavy atom. The van der Waals surface area contributed by atoms with Crippen LogP contribution in [0.2, 0.25) is 0 Å². The van der Waals surface area contributed by atoms with Crippen LogP contribution in [0.15, 0.2) is 182 Å². The van der Waals surface area contributed by atoms with Gasteiger partial charge in [-0.25, -0.2) is 0 Å². The minimum Gasteiger partial charge on any atom is -0.485 e. The summed E-state index contributed by atoms with van der Waals surface area (Å²) in [5.41, 5.74) is 13.2. The van der Waals surface area contributed by atoms with E-state index in [4.69, 9.17) is 4.74 Å². The van der Waals surface area contributed by atoms with E-state index in [1.54, 1.807) is 0 Å². The molecule has 51 heavy (non-hydrogen) atoms. The third-order valence-electron chi connectivity index (χ3n) is 10.8. The van der Waals surface area contributed by atoms with Crippen molar-refractivity contribution in [3.63, 3.8) is 0 Å². The van der Waals surface area contributed by atoms with Gasteiger partial charge in [0.25, 0.3) is 0 Å². The number of aromatic nitrogens is 2. The zero-order valence-electron chi connectivity index (χ0n) is 27.8. The lowest BCUT2D eigenvalue weighted by Crippen LogP contribution is -2.18. The lowest BCUT2D eigenvalue weighted by molar-refractivity contribution is 0.269. The summed E-state index contributed by atoms with van der Waals surface area (Å²) in [7, 11) is 0. The monoisotopic (exact) mass is 652 g/mol. The van der Waals surface area contributed by atoms with Crippen LogP contribution in [-0.2, 0) is 0 Å². The van der Waals surface area contributed by atoms with Gasteiger partial charge >= 0.3 is 0 Å². The van der Waals surface area contributed by atoms with E-state index in [1.165, 1.54) is 71.4 Å². The van der Waals surface area contributed by atoms with Gasteiger partial charge in [-0.05, 0) is 76.9 Å². The molecule has 0 saturated carbocycles. The fourth-order valence-electron chi connectivity index (χ4n) is 8.57. The number of hydrogen-bond acceptors (Lipinski definition) is 1. The standard InChI is InChI=1S/C48H32N2O/c1-2-12-31(13-3-1)32-14-10-15-33(28-32)34-16-11-17-35(29-34)49-43-22-8-5-20-41(43)47-44(49)27-26-40-37-18-4-7-21-42(37)50(48(40)47)36-24-25-39-38-19-6-9-23-45(38)51-46(39)30-36/h1-30,39,46H. The molecule has 1 aliphatic carbocycles. The molecule has 0 amide bonds. The number of nitrogens with zero attached hydrogens (tertiary/aromatic N) is 2. The van der Waals surface area contributed by atoms with Gasteiger partial charge in [-0.15, -0.1) is 0 Å². The van der Waals surface area contributed by atoms with Crippen LogP contribution >= 0.6 is 0 Å². The van der Waals surface area contributed by atoms with Gasteiger partial charge in [-0.1, -0.05) is 127 Å². The Hall–Kier alpha value is -6.58. The molecule has 3 heteroatoms. The Labute approximate surface area is 295 Å². The summed E-state index contributed by atoms with van der Waals surface area (Å²) < 4.78 is 11.4. The van der Waals surface area contributed by atoms with Crippen molar-refractivity contribution in [1.82, 2.24) is 9.13 Å². The summed E-state index contributed by atoms with van der Waals surface area (Å²) in [5.74, 6) is 1.21. The van der Waals surface area contributed by atoms with Crippen LogP contribution in [0, 0.1) is 0 Å². The topological polar surface area (TPSA) is 19.1 Å². The molecular weight excluding hydrogens is 621 g/mol. The van der Waals surface area contributed by atoms with E-state index in [1.807, 2.05) is 0 Å². The van der Waals surface area contributed by atoms with E-state index < -0.39 is 0 Å². The molecule has 0 saturated heterocycles. The first kappa shape index (κ1) is 28.3. The van der Waals surface area contributed by atoms with Gasteiger partial charge in [0.1, 0.15) is 11.9 Å². The molecule has 0 radical (unpaired) electrons. The molecule has 9 aromatic rings. The van der Waals surface area contributed by atoms with Crippen molar-refractivity contribution >= 4 is 49.3 Å². The third kappa shape index (κ3) is 4.25. The normalized spacial score (nSPS) is 16.4. The summed E-state index contributed by atoms with van der Waals surface area (Å²) in [6, 6.07) is 59.1. The van der Waals surface area contributed by atoms with E-state index >= 15 is 0 Å². The predicted molar refractivity (Wildman–Crippen MR) is 212 cm³/mol. The van der Waals surface area contributed by atoms with E-state index in [0.29, 0.717) is 0 Å². The van der Waals surface area contributed by atoms with E-state index in [2.05, 4.69) is 191 Å². The highest BCUT2D eigenvalue weighted by atomic mass is 16.5. The molecule has 3 nitrogen and oxygen atoms in total. The molecule has 7 aromatic carbocycles. The SMILES string of the molecule is C1=CC2c3ccccc3OC2C=C1n1c2ccccc2c2ccc3c(c4ccccc4n3-c3cccc(-c4cccc(-c5ccccc5)c4)c3)c21. The smallest absolute Gasteiger partial charge is 0.130 e. The van der Waals surface area contributed by atoms with Crippen molar-refractivity contribution < 1.29 is 4.74 Å². The summed E-state index contributed by atoms with van der Waals surface area (Å²) in [5, 5.41) is 4.99. The maximum absolute atomic E-state index is 6.52. The molecule has 1 aliphatic heterocycles. The van der Waals surface area contributed by atoms with Gasteiger partial charge < -0.3 is 13.9 Å². The Bertz CT molecular complexity index is 2900. The quantitative estimate of drug-likeness (QED) is 0.185. The number of hydrogen-bond donors (Lipinski definition) is 0. The average molecular weight is 653 g/mol. The average Bonchev–Trinajstić information content (AvgIpc) is 3.85. The Morgan fingerprint density at radius 2 is 1.14 bits per heavy atom. The largest absolute Gasteiger partial charge is 0.485 e. The fourth-order valence-corrected chi connectivity index (χ4v) is 8.57. The molecule has 0 spiro atoms. The second-order valence-corrected chi connectivity index (χ2v) is 13.7. The number of allylic oxidation sites excluding steroid dienone is 2. The maximum atomic E-state index is 6.52. The first-order chi connectivity index (χ1) is 25.3. The first-order valence-electron chi connectivity index (χ1n) is 17.7. The first-order valence-corrected chi connectivity index (χ1v) is 17.7. The summed E-state index contributed by atoms with van der Waals surface area (Å²) in [6.07, 6.45) is 6.90. The second kappa shape index (κ2) is 11.0. The fraction of sp³-hybridized carbons (Fsp3) is 0.0417. The highest BCUT2D eigenvalue weighted by Gasteiger charge is 2.34. The van der Waals surface area contributed by atoms with Gasteiger partial charge in [0.2, 0.25) is 0 Å². The Balaban J connectivity index is 1.13. The number of fused-ring (bicyclic) bond motifs is 10. The van der Waals surface area contributed by atoms with Crippen molar-refractivity contribution in [1.29, 1.82) is 0 Å². The Morgan fingerprint density at radius 1 is 0.471 bits per heavy atom. The van der Waals surface area contributed by atoms with Crippen LogP contribution in [0.25, 0.3) is 77.2 Å².